The molecule has 6 heteroatoms. The van der Waals surface area contributed by atoms with Gasteiger partial charge < -0.3 is 11.1 Å². The second-order valence-electron chi connectivity index (χ2n) is 4.76. The molecule has 0 bridgehead atoms. The number of amides is 1. The second-order valence-corrected chi connectivity index (χ2v) is 4.76. The van der Waals surface area contributed by atoms with Gasteiger partial charge in [0, 0.05) is 11.9 Å². The Hall–Kier alpha value is -1.59. The van der Waals surface area contributed by atoms with Gasteiger partial charge in [-0.25, -0.2) is 0 Å². The van der Waals surface area contributed by atoms with Crippen molar-refractivity contribution in [1.82, 2.24) is 15.5 Å². The lowest BCUT2D eigenvalue weighted by molar-refractivity contribution is 0.0891. The van der Waals surface area contributed by atoms with Crippen LogP contribution in [-0.4, -0.2) is 28.2 Å². The lowest BCUT2D eigenvalue weighted by Gasteiger charge is -2.31. The minimum absolute atomic E-state index is 0. The van der Waals surface area contributed by atoms with E-state index in [-0.39, 0.29) is 23.9 Å². The van der Waals surface area contributed by atoms with Crippen LogP contribution in [0.5, 0.6) is 0 Å². The molecule has 1 heterocycles. The molecule has 0 fully saturated rings. The molecule has 2 aromatic rings. The van der Waals surface area contributed by atoms with Crippen LogP contribution in [0.25, 0.3) is 10.9 Å². The molecule has 1 aromatic carbocycles. The van der Waals surface area contributed by atoms with Crippen LogP contribution in [0, 0.1) is 0 Å². The predicted molar refractivity (Wildman–Crippen MR) is 83.2 cm³/mol. The summed E-state index contributed by atoms with van der Waals surface area (Å²) >= 11 is 0. The van der Waals surface area contributed by atoms with E-state index in [1.807, 2.05) is 38.1 Å². The first-order valence-electron chi connectivity index (χ1n) is 6.61. The summed E-state index contributed by atoms with van der Waals surface area (Å²) in [6.45, 7) is 4.48. The van der Waals surface area contributed by atoms with Gasteiger partial charge >= 0.3 is 0 Å². The summed E-state index contributed by atoms with van der Waals surface area (Å²) in [7, 11) is 0. The minimum atomic E-state index is -0.350. The standard InChI is InChI=1S/C14H20N4O.ClH/c1-3-14(4-2,9-15)16-13(19)12-10-7-5-6-8-11(10)17-18-12;/h5-8H,3-4,9,15H2,1-2H3,(H,16,19)(H,17,18);1H. The zero-order valence-corrected chi connectivity index (χ0v) is 12.6. The molecule has 110 valence electrons. The maximum atomic E-state index is 12.4. The van der Waals surface area contributed by atoms with E-state index in [1.54, 1.807) is 0 Å². The van der Waals surface area contributed by atoms with Gasteiger partial charge in [0.15, 0.2) is 5.69 Å². The number of benzene rings is 1. The summed E-state index contributed by atoms with van der Waals surface area (Å²) in [6, 6.07) is 7.58. The summed E-state index contributed by atoms with van der Waals surface area (Å²) in [5.74, 6) is -0.174. The van der Waals surface area contributed by atoms with Crippen LogP contribution >= 0.6 is 12.4 Å². The van der Waals surface area contributed by atoms with Crippen LogP contribution in [0.4, 0.5) is 0 Å². The number of hydrogen-bond acceptors (Lipinski definition) is 3. The van der Waals surface area contributed by atoms with Gasteiger partial charge in [-0.1, -0.05) is 32.0 Å². The number of carbonyl (C=O) groups excluding carboxylic acids is 1. The molecule has 0 radical (unpaired) electrons. The third-order valence-corrected chi connectivity index (χ3v) is 3.81. The lowest BCUT2D eigenvalue weighted by atomic mass is 9.92. The van der Waals surface area contributed by atoms with E-state index in [2.05, 4.69) is 15.5 Å². The van der Waals surface area contributed by atoms with Gasteiger partial charge in [-0.2, -0.15) is 5.10 Å². The van der Waals surface area contributed by atoms with Crippen LogP contribution in [0.15, 0.2) is 24.3 Å². The lowest BCUT2D eigenvalue weighted by Crippen LogP contribution is -2.53. The maximum Gasteiger partial charge on any atom is 0.272 e. The molecule has 20 heavy (non-hydrogen) atoms. The Labute approximate surface area is 124 Å². The molecule has 4 N–H and O–H groups in total. The van der Waals surface area contributed by atoms with Gasteiger partial charge in [0.2, 0.25) is 0 Å². The van der Waals surface area contributed by atoms with E-state index in [4.69, 9.17) is 5.73 Å². The third kappa shape index (κ3) is 2.94. The number of H-pyrrole nitrogens is 1. The summed E-state index contributed by atoms with van der Waals surface area (Å²) in [5, 5.41) is 10.8. The topological polar surface area (TPSA) is 83.8 Å². The minimum Gasteiger partial charge on any atom is -0.344 e. The van der Waals surface area contributed by atoms with Crippen molar-refractivity contribution in [1.29, 1.82) is 0 Å². The number of nitrogens with one attached hydrogen (secondary N) is 2. The molecule has 0 unspecified atom stereocenters. The smallest absolute Gasteiger partial charge is 0.272 e. The number of halogens is 1. The van der Waals surface area contributed by atoms with E-state index in [1.165, 1.54) is 0 Å². The summed E-state index contributed by atoms with van der Waals surface area (Å²) < 4.78 is 0. The number of para-hydroxylation sites is 1. The van der Waals surface area contributed by atoms with E-state index < -0.39 is 0 Å². The maximum absolute atomic E-state index is 12.4. The molecule has 0 saturated carbocycles. The van der Waals surface area contributed by atoms with Gasteiger partial charge in [0.25, 0.3) is 5.91 Å². The van der Waals surface area contributed by atoms with Crippen molar-refractivity contribution in [2.75, 3.05) is 6.54 Å². The fourth-order valence-corrected chi connectivity index (χ4v) is 2.20. The average Bonchev–Trinajstić information content (AvgIpc) is 2.89. The number of hydrogen-bond donors (Lipinski definition) is 3. The Morgan fingerprint density at radius 2 is 2.00 bits per heavy atom. The van der Waals surface area contributed by atoms with E-state index >= 15 is 0 Å². The fourth-order valence-electron chi connectivity index (χ4n) is 2.20. The van der Waals surface area contributed by atoms with Crippen molar-refractivity contribution in [3.05, 3.63) is 30.0 Å². The highest BCUT2D eigenvalue weighted by Crippen LogP contribution is 2.18. The second kappa shape index (κ2) is 6.72. The molecular weight excluding hydrogens is 276 g/mol. The number of carbonyl (C=O) groups is 1. The summed E-state index contributed by atoms with van der Waals surface area (Å²) in [5.41, 5.74) is 6.74. The zero-order valence-electron chi connectivity index (χ0n) is 11.8. The highest BCUT2D eigenvalue weighted by Gasteiger charge is 2.28. The zero-order chi connectivity index (χ0) is 13.9. The molecule has 2 rings (SSSR count). The number of nitrogens with zero attached hydrogens (tertiary/aromatic N) is 1. The Morgan fingerprint density at radius 3 is 2.60 bits per heavy atom. The van der Waals surface area contributed by atoms with E-state index in [0.29, 0.717) is 12.2 Å². The van der Waals surface area contributed by atoms with E-state index in [0.717, 1.165) is 23.7 Å². The van der Waals surface area contributed by atoms with Crippen molar-refractivity contribution in [2.45, 2.75) is 32.2 Å². The number of aromatic nitrogens is 2. The number of aromatic amines is 1. The number of fused-ring (bicyclic) bond motifs is 1. The van der Waals surface area contributed by atoms with Gasteiger partial charge in [0.05, 0.1) is 11.1 Å². The van der Waals surface area contributed by atoms with Crippen molar-refractivity contribution in [2.24, 2.45) is 5.73 Å². The molecule has 0 aliphatic rings. The molecule has 0 atom stereocenters. The molecule has 1 amide bonds. The van der Waals surface area contributed by atoms with Gasteiger partial charge in [0.1, 0.15) is 0 Å². The monoisotopic (exact) mass is 296 g/mol. The quantitative estimate of drug-likeness (QED) is 0.791. The normalized spacial score (nSPS) is 11.2. The molecule has 5 nitrogen and oxygen atoms in total. The van der Waals surface area contributed by atoms with Crippen molar-refractivity contribution in [3.8, 4) is 0 Å². The average molecular weight is 297 g/mol. The van der Waals surface area contributed by atoms with Crippen molar-refractivity contribution in [3.63, 3.8) is 0 Å². The Balaban J connectivity index is 0.00000200. The molecule has 0 aliphatic carbocycles. The summed E-state index contributed by atoms with van der Waals surface area (Å²) in [4.78, 5) is 12.4. The first-order chi connectivity index (χ1) is 9.15. The Kier molecular flexibility index (Phi) is 5.53. The molecule has 1 aromatic heterocycles. The largest absolute Gasteiger partial charge is 0.344 e. The van der Waals surface area contributed by atoms with Crippen LogP contribution in [0.3, 0.4) is 0 Å². The first kappa shape index (κ1) is 16.5. The van der Waals surface area contributed by atoms with Crippen LogP contribution in [0.2, 0.25) is 0 Å². The van der Waals surface area contributed by atoms with Crippen molar-refractivity contribution < 1.29 is 4.79 Å². The van der Waals surface area contributed by atoms with Crippen molar-refractivity contribution >= 4 is 29.2 Å². The molecule has 0 saturated heterocycles. The fraction of sp³-hybridized carbons (Fsp3) is 0.429. The highest BCUT2D eigenvalue weighted by molar-refractivity contribution is 6.04. The molecule has 0 aliphatic heterocycles. The van der Waals surface area contributed by atoms with Gasteiger partial charge in [-0.3, -0.25) is 9.89 Å². The predicted octanol–water partition coefficient (Wildman–Crippen LogP) is 2.23. The number of rotatable bonds is 5. The number of nitrogens with two attached hydrogens (primary N) is 1. The SMILES string of the molecule is CCC(CC)(CN)NC(=O)c1n[nH]c2ccccc12.Cl. The van der Waals surface area contributed by atoms with Crippen LogP contribution in [-0.2, 0) is 0 Å². The molecular formula is C14H21ClN4O. The third-order valence-electron chi connectivity index (χ3n) is 3.81. The molecule has 0 spiro atoms. The Morgan fingerprint density at radius 1 is 1.35 bits per heavy atom. The highest BCUT2D eigenvalue weighted by atomic mass is 35.5. The van der Waals surface area contributed by atoms with E-state index in [9.17, 15) is 4.79 Å². The summed E-state index contributed by atoms with van der Waals surface area (Å²) in [6.07, 6.45) is 1.60. The van der Waals surface area contributed by atoms with Gasteiger partial charge in [-0.15, -0.1) is 12.4 Å². The first-order valence-corrected chi connectivity index (χ1v) is 6.61. The van der Waals surface area contributed by atoms with Crippen LogP contribution < -0.4 is 11.1 Å². The van der Waals surface area contributed by atoms with Gasteiger partial charge in [-0.05, 0) is 18.9 Å². The Bertz CT molecular complexity index is 569. The van der Waals surface area contributed by atoms with Crippen LogP contribution in [0.1, 0.15) is 37.2 Å².